The minimum Gasteiger partial charge on any atom is -1.00 e. The Morgan fingerprint density at radius 1 is 0.606 bits per heavy atom. The van der Waals surface area contributed by atoms with E-state index in [0.717, 1.165) is 31.0 Å². The average Bonchev–Trinajstić information content (AvgIpc) is 2.88. The molecule has 0 aliphatic carbocycles. The third-order valence-corrected chi connectivity index (χ3v) is 10.3. The molecule has 0 aromatic heterocycles. The lowest BCUT2D eigenvalue weighted by Crippen LogP contribution is -3.00. The van der Waals surface area contributed by atoms with Gasteiger partial charge in [0.2, 0.25) is 0 Å². The van der Waals surface area contributed by atoms with E-state index >= 15 is 0 Å². The van der Waals surface area contributed by atoms with Crippen LogP contribution in [0.2, 0.25) is 0 Å². The van der Waals surface area contributed by atoms with Crippen molar-refractivity contribution in [3.63, 3.8) is 0 Å². The summed E-state index contributed by atoms with van der Waals surface area (Å²) in [4.78, 5) is 10.8. The fourth-order valence-electron chi connectivity index (χ4n) is 4.17. The van der Waals surface area contributed by atoms with Gasteiger partial charge in [-0.1, -0.05) is 54.6 Å². The topological polar surface area (TPSA) is 26.3 Å². The maximum absolute atomic E-state index is 10.8. The molecule has 0 fully saturated rings. The molecule has 0 bridgehead atoms. The second-order valence-corrected chi connectivity index (χ2v) is 11.4. The van der Waals surface area contributed by atoms with E-state index in [1.807, 2.05) is 12.1 Å². The Hall–Kier alpha value is -2.49. The highest BCUT2D eigenvalue weighted by Gasteiger charge is 2.44. The first kappa shape index (κ1) is 25.1. The molecule has 0 amide bonds. The molecule has 0 heterocycles. The van der Waals surface area contributed by atoms with Crippen molar-refractivity contribution in [2.75, 3.05) is 12.8 Å². The molecule has 0 spiro atoms. The van der Waals surface area contributed by atoms with Crippen LogP contribution in [0.5, 0.6) is 5.75 Å². The fraction of sp³-hybridized carbons (Fsp3) is 0.138. The molecule has 0 N–H and O–H groups in total. The summed E-state index contributed by atoms with van der Waals surface area (Å²) < 4.78 is 5.93. The largest absolute Gasteiger partial charge is 1.00 e. The fourth-order valence-corrected chi connectivity index (χ4v) is 8.58. The summed E-state index contributed by atoms with van der Waals surface area (Å²) in [6.45, 7) is 0.665. The Kier molecular flexibility index (Phi) is 9.65. The highest BCUT2D eigenvalue weighted by atomic mass is 127. The van der Waals surface area contributed by atoms with Crippen LogP contribution in [0.25, 0.3) is 0 Å². The summed E-state index contributed by atoms with van der Waals surface area (Å²) >= 11 is 0. The van der Waals surface area contributed by atoms with Gasteiger partial charge < -0.3 is 28.7 Å². The molecule has 0 aliphatic heterocycles. The van der Waals surface area contributed by atoms with Gasteiger partial charge in [-0.15, -0.1) is 0 Å². The lowest BCUT2D eigenvalue weighted by Gasteiger charge is -2.27. The molecular weight excluding hydrogens is 538 g/mol. The van der Waals surface area contributed by atoms with Crippen LogP contribution < -0.4 is 44.6 Å². The Morgan fingerprint density at radius 3 is 1.48 bits per heavy atom. The minimum atomic E-state index is -1.77. The van der Waals surface area contributed by atoms with Crippen LogP contribution in [0.1, 0.15) is 23.2 Å². The molecule has 4 aromatic carbocycles. The number of hydrogen-bond acceptors (Lipinski definition) is 2. The van der Waals surface area contributed by atoms with Gasteiger partial charge in [0.25, 0.3) is 0 Å². The number of ether oxygens (including phenoxy) is 1. The third-order valence-electron chi connectivity index (χ3n) is 5.76. The number of carbonyl (C=O) groups excluding carboxylic acids is 1. The van der Waals surface area contributed by atoms with Crippen molar-refractivity contribution < 1.29 is 33.5 Å². The van der Waals surface area contributed by atoms with Crippen LogP contribution in [0.4, 0.5) is 0 Å². The summed E-state index contributed by atoms with van der Waals surface area (Å²) in [5.41, 5.74) is 0.667. The first-order chi connectivity index (χ1) is 15.8. The van der Waals surface area contributed by atoms with Crippen LogP contribution in [0.3, 0.4) is 0 Å². The molecule has 4 aromatic rings. The first-order valence-corrected chi connectivity index (χ1v) is 13.0. The molecule has 0 atom stereocenters. The van der Waals surface area contributed by atoms with Crippen LogP contribution in [0.15, 0.2) is 115 Å². The van der Waals surface area contributed by atoms with Crippen LogP contribution >= 0.6 is 7.26 Å². The number of carbonyl (C=O) groups is 1. The predicted octanol–water partition coefficient (Wildman–Crippen LogP) is 2.66. The highest BCUT2D eigenvalue weighted by Crippen LogP contribution is 2.55. The van der Waals surface area contributed by atoms with Crippen molar-refractivity contribution in [3.8, 4) is 5.75 Å². The molecule has 33 heavy (non-hydrogen) atoms. The third kappa shape index (κ3) is 6.10. The number of benzene rings is 4. The zero-order valence-electron chi connectivity index (χ0n) is 18.5. The van der Waals surface area contributed by atoms with Gasteiger partial charge in [-0.05, 0) is 73.5 Å². The normalized spacial score (nSPS) is 10.8. The molecule has 4 rings (SSSR count). The maximum atomic E-state index is 10.8. The average molecular weight is 566 g/mol. The monoisotopic (exact) mass is 566 g/mol. The minimum absolute atomic E-state index is 0. The van der Waals surface area contributed by atoms with E-state index in [0.29, 0.717) is 12.2 Å². The van der Waals surface area contributed by atoms with Crippen molar-refractivity contribution in [2.24, 2.45) is 0 Å². The Morgan fingerprint density at radius 2 is 1.06 bits per heavy atom. The number of halogens is 1. The second kappa shape index (κ2) is 12.7. The summed E-state index contributed by atoms with van der Waals surface area (Å²) in [5.74, 6) is 0.811. The van der Waals surface area contributed by atoms with Crippen LogP contribution in [0, 0.1) is 0 Å². The molecular formula is C29H28IO2P. The summed E-state index contributed by atoms with van der Waals surface area (Å²) in [5, 5.41) is 4.26. The molecule has 168 valence electrons. The van der Waals surface area contributed by atoms with Gasteiger partial charge in [0.05, 0.1) is 12.8 Å². The maximum Gasteiger partial charge on any atom is 0.150 e. The molecule has 0 radical (unpaired) electrons. The van der Waals surface area contributed by atoms with E-state index < -0.39 is 7.26 Å². The quantitative estimate of drug-likeness (QED) is 0.128. The summed E-state index contributed by atoms with van der Waals surface area (Å²) in [6, 6.07) is 40.3. The van der Waals surface area contributed by atoms with Gasteiger partial charge in [-0.3, -0.25) is 4.79 Å². The van der Waals surface area contributed by atoms with Crippen molar-refractivity contribution >= 4 is 29.5 Å². The van der Waals surface area contributed by atoms with Gasteiger partial charge >= 0.3 is 0 Å². The number of rotatable bonds is 10. The van der Waals surface area contributed by atoms with Crippen LogP contribution in [-0.2, 0) is 0 Å². The standard InChI is InChI=1S/C29H28O2P.HI/c30-24-25-18-20-26(21-19-25)31-22-10-11-23-32(27-12-4-1-5-13-27,28-14-6-2-7-15-28)29-16-8-3-9-17-29;/h1-9,12-21,24H,10-11,22-23H2;1H/q+1;/p-1. The van der Waals surface area contributed by atoms with Gasteiger partial charge in [0.1, 0.15) is 35.2 Å². The zero-order valence-corrected chi connectivity index (χ0v) is 21.6. The number of unbranched alkanes of at least 4 members (excludes halogenated alkanes) is 1. The first-order valence-electron chi connectivity index (χ1n) is 11.1. The summed E-state index contributed by atoms with van der Waals surface area (Å²) in [6.07, 6.45) is 3.99. The molecule has 0 saturated heterocycles. The van der Waals surface area contributed by atoms with Crippen molar-refractivity contribution in [1.82, 2.24) is 0 Å². The van der Waals surface area contributed by atoms with Crippen molar-refractivity contribution in [2.45, 2.75) is 12.8 Å². The van der Waals surface area contributed by atoms with Crippen molar-refractivity contribution in [3.05, 3.63) is 121 Å². The summed E-state index contributed by atoms with van der Waals surface area (Å²) in [7, 11) is -1.77. The van der Waals surface area contributed by atoms with E-state index in [-0.39, 0.29) is 24.0 Å². The van der Waals surface area contributed by atoms with E-state index in [2.05, 4.69) is 91.0 Å². The predicted molar refractivity (Wildman–Crippen MR) is 137 cm³/mol. The van der Waals surface area contributed by atoms with Crippen molar-refractivity contribution in [1.29, 1.82) is 0 Å². The molecule has 2 nitrogen and oxygen atoms in total. The van der Waals surface area contributed by atoms with E-state index in [4.69, 9.17) is 4.74 Å². The Bertz CT molecular complexity index is 1000. The highest BCUT2D eigenvalue weighted by molar-refractivity contribution is 7.95. The second-order valence-electron chi connectivity index (χ2n) is 7.78. The lowest BCUT2D eigenvalue weighted by molar-refractivity contribution is -0.0000131. The SMILES string of the molecule is O=Cc1ccc(OCCCC[P+](c2ccccc2)(c2ccccc2)c2ccccc2)cc1.[I-]. The lowest BCUT2D eigenvalue weighted by atomic mass is 10.2. The van der Waals surface area contributed by atoms with Gasteiger partial charge in [0.15, 0.2) is 0 Å². The molecule has 0 saturated carbocycles. The Balaban J connectivity index is 0.00000306. The molecule has 4 heteroatoms. The smallest absolute Gasteiger partial charge is 0.150 e. The Labute approximate surface area is 214 Å². The zero-order chi connectivity index (χ0) is 22.1. The molecule has 0 unspecified atom stereocenters. The van der Waals surface area contributed by atoms with E-state index in [1.54, 1.807) is 12.1 Å². The van der Waals surface area contributed by atoms with E-state index in [1.165, 1.54) is 15.9 Å². The van der Waals surface area contributed by atoms with Crippen LogP contribution in [-0.4, -0.2) is 19.1 Å². The number of hydrogen-bond donors (Lipinski definition) is 0. The van der Waals surface area contributed by atoms with E-state index in [9.17, 15) is 4.79 Å². The van der Waals surface area contributed by atoms with Gasteiger partial charge in [-0.2, -0.15) is 0 Å². The molecule has 0 aliphatic rings. The van der Waals surface area contributed by atoms with Gasteiger partial charge in [-0.25, -0.2) is 0 Å². The number of aldehydes is 1. The van der Waals surface area contributed by atoms with Gasteiger partial charge in [0, 0.05) is 5.56 Å².